The maximum atomic E-state index is 12.5. The van der Waals surface area contributed by atoms with Crippen molar-refractivity contribution in [3.63, 3.8) is 0 Å². The van der Waals surface area contributed by atoms with E-state index in [0.29, 0.717) is 12.6 Å². The molecule has 1 saturated heterocycles. The summed E-state index contributed by atoms with van der Waals surface area (Å²) in [6.07, 6.45) is 6.79. The van der Waals surface area contributed by atoms with Crippen molar-refractivity contribution in [2.45, 2.75) is 57.7 Å². The zero-order chi connectivity index (χ0) is 19.9. The number of likely N-dealkylation sites (tertiary alicyclic amines) is 1. The van der Waals surface area contributed by atoms with Crippen LogP contribution < -0.4 is 10.1 Å². The third-order valence-electron chi connectivity index (χ3n) is 6.24. The Bertz CT molecular complexity index is 761. The molecule has 1 N–H and O–H groups in total. The van der Waals surface area contributed by atoms with Gasteiger partial charge < -0.3 is 10.1 Å². The summed E-state index contributed by atoms with van der Waals surface area (Å²) in [5.41, 5.74) is 2.47. The van der Waals surface area contributed by atoms with Gasteiger partial charge >= 0.3 is 0 Å². The van der Waals surface area contributed by atoms with Crippen molar-refractivity contribution in [1.29, 1.82) is 0 Å². The zero-order valence-corrected chi connectivity index (χ0v) is 17.2. The van der Waals surface area contributed by atoms with Gasteiger partial charge in [0.15, 0.2) is 0 Å². The van der Waals surface area contributed by atoms with Crippen molar-refractivity contribution >= 4 is 5.91 Å². The molecule has 2 fully saturated rings. The standard InChI is InChI=1S/C25H32N2O2/c28-25(26-23-8-4-5-9-23)22-14-16-27(17-15-22)18-20-10-12-24(13-11-20)29-19-21-6-2-1-3-7-21/h1-3,6-7,10-13,22-23H,4-5,8-9,14-19H2,(H,26,28). The lowest BCUT2D eigenvalue weighted by molar-refractivity contribution is -0.127. The highest BCUT2D eigenvalue weighted by atomic mass is 16.5. The number of ether oxygens (including phenoxy) is 1. The molecule has 4 nitrogen and oxygen atoms in total. The van der Waals surface area contributed by atoms with Gasteiger partial charge in [-0.05, 0) is 62.0 Å². The molecule has 0 radical (unpaired) electrons. The predicted molar refractivity (Wildman–Crippen MR) is 116 cm³/mol. The molecule has 154 valence electrons. The van der Waals surface area contributed by atoms with E-state index in [1.54, 1.807) is 0 Å². The number of carbonyl (C=O) groups is 1. The van der Waals surface area contributed by atoms with Gasteiger partial charge in [-0.15, -0.1) is 0 Å². The topological polar surface area (TPSA) is 41.6 Å². The average Bonchev–Trinajstić information content (AvgIpc) is 3.27. The van der Waals surface area contributed by atoms with Crippen molar-refractivity contribution in [3.05, 3.63) is 65.7 Å². The molecule has 2 aliphatic rings. The molecule has 29 heavy (non-hydrogen) atoms. The number of hydrogen-bond donors (Lipinski definition) is 1. The Morgan fingerprint density at radius 1 is 0.897 bits per heavy atom. The van der Waals surface area contributed by atoms with Gasteiger partial charge in [0, 0.05) is 18.5 Å². The minimum Gasteiger partial charge on any atom is -0.489 e. The lowest BCUT2D eigenvalue weighted by Gasteiger charge is -2.31. The van der Waals surface area contributed by atoms with Crippen molar-refractivity contribution in [1.82, 2.24) is 10.2 Å². The summed E-state index contributed by atoms with van der Waals surface area (Å²) in [7, 11) is 0. The first-order valence-corrected chi connectivity index (χ1v) is 11.0. The van der Waals surface area contributed by atoms with Gasteiger partial charge in [0.2, 0.25) is 5.91 Å². The van der Waals surface area contributed by atoms with E-state index in [1.165, 1.54) is 24.0 Å². The SMILES string of the molecule is O=C(NC1CCCC1)C1CCN(Cc2ccc(OCc3ccccc3)cc2)CC1. The molecule has 1 saturated carbocycles. The molecule has 0 atom stereocenters. The zero-order valence-electron chi connectivity index (χ0n) is 17.2. The summed E-state index contributed by atoms with van der Waals surface area (Å²) in [4.78, 5) is 14.9. The fraction of sp³-hybridized carbons (Fsp3) is 0.480. The second-order valence-corrected chi connectivity index (χ2v) is 8.46. The van der Waals surface area contributed by atoms with Crippen LogP contribution in [0.1, 0.15) is 49.7 Å². The molecule has 2 aromatic rings. The first kappa shape index (κ1) is 20.0. The van der Waals surface area contributed by atoms with Crippen LogP contribution in [-0.4, -0.2) is 29.9 Å². The molecular formula is C25H32N2O2. The maximum absolute atomic E-state index is 12.5. The van der Waals surface area contributed by atoms with Crippen LogP contribution in [0.25, 0.3) is 0 Å². The lowest BCUT2D eigenvalue weighted by atomic mass is 9.95. The minimum atomic E-state index is 0.195. The molecule has 0 aromatic heterocycles. The lowest BCUT2D eigenvalue weighted by Crippen LogP contribution is -2.42. The van der Waals surface area contributed by atoms with E-state index in [-0.39, 0.29) is 11.8 Å². The second-order valence-electron chi connectivity index (χ2n) is 8.46. The molecule has 1 heterocycles. The summed E-state index contributed by atoms with van der Waals surface area (Å²) < 4.78 is 5.87. The molecular weight excluding hydrogens is 360 g/mol. The third-order valence-corrected chi connectivity index (χ3v) is 6.24. The average molecular weight is 393 g/mol. The highest BCUT2D eigenvalue weighted by Crippen LogP contribution is 2.23. The Kier molecular flexibility index (Phi) is 6.83. The summed E-state index contributed by atoms with van der Waals surface area (Å²) in [6.45, 7) is 3.52. The minimum absolute atomic E-state index is 0.195. The Morgan fingerprint density at radius 3 is 2.28 bits per heavy atom. The number of nitrogens with zero attached hydrogens (tertiary/aromatic N) is 1. The summed E-state index contributed by atoms with van der Waals surface area (Å²) in [6, 6.07) is 19.1. The van der Waals surface area contributed by atoms with E-state index in [2.05, 4.69) is 46.6 Å². The number of amides is 1. The molecule has 1 aliphatic heterocycles. The van der Waals surface area contributed by atoms with Crippen LogP contribution in [0.3, 0.4) is 0 Å². The Morgan fingerprint density at radius 2 is 1.59 bits per heavy atom. The molecule has 1 amide bonds. The fourth-order valence-electron chi connectivity index (χ4n) is 4.43. The van der Waals surface area contributed by atoms with Crippen LogP contribution in [0.15, 0.2) is 54.6 Å². The quantitative estimate of drug-likeness (QED) is 0.752. The third kappa shape index (κ3) is 5.83. The summed E-state index contributed by atoms with van der Waals surface area (Å²) >= 11 is 0. The highest BCUT2D eigenvalue weighted by Gasteiger charge is 2.27. The number of hydrogen-bond acceptors (Lipinski definition) is 3. The van der Waals surface area contributed by atoms with Crippen molar-refractivity contribution < 1.29 is 9.53 Å². The summed E-state index contributed by atoms with van der Waals surface area (Å²) in [5.74, 6) is 1.39. The molecule has 0 spiro atoms. The van der Waals surface area contributed by atoms with Crippen LogP contribution in [0.4, 0.5) is 0 Å². The van der Waals surface area contributed by atoms with Gasteiger partial charge in [-0.1, -0.05) is 55.3 Å². The van der Waals surface area contributed by atoms with Gasteiger partial charge in [-0.25, -0.2) is 0 Å². The molecule has 0 unspecified atom stereocenters. The number of rotatable bonds is 7. The predicted octanol–water partition coefficient (Wildman–Crippen LogP) is 4.54. The first-order valence-electron chi connectivity index (χ1n) is 11.0. The Labute approximate surface area is 174 Å². The number of carbonyl (C=O) groups excluding carboxylic acids is 1. The largest absolute Gasteiger partial charge is 0.489 e. The molecule has 1 aliphatic carbocycles. The van der Waals surface area contributed by atoms with E-state index in [4.69, 9.17) is 4.74 Å². The van der Waals surface area contributed by atoms with Crippen molar-refractivity contribution in [2.24, 2.45) is 5.92 Å². The molecule has 4 rings (SSSR count). The van der Waals surface area contributed by atoms with Gasteiger partial charge in [-0.3, -0.25) is 9.69 Å². The number of benzene rings is 2. The summed E-state index contributed by atoms with van der Waals surface area (Å²) in [5, 5.41) is 3.27. The van der Waals surface area contributed by atoms with E-state index in [9.17, 15) is 4.79 Å². The van der Waals surface area contributed by atoms with Gasteiger partial charge in [0.25, 0.3) is 0 Å². The maximum Gasteiger partial charge on any atom is 0.223 e. The van der Waals surface area contributed by atoms with Crippen LogP contribution >= 0.6 is 0 Å². The first-order chi connectivity index (χ1) is 14.3. The van der Waals surface area contributed by atoms with Crippen molar-refractivity contribution in [3.8, 4) is 5.75 Å². The number of nitrogens with one attached hydrogen (secondary N) is 1. The fourth-order valence-corrected chi connectivity index (χ4v) is 4.43. The van der Waals surface area contributed by atoms with E-state index < -0.39 is 0 Å². The van der Waals surface area contributed by atoms with E-state index in [1.807, 2.05) is 18.2 Å². The van der Waals surface area contributed by atoms with Crippen LogP contribution in [0.2, 0.25) is 0 Å². The monoisotopic (exact) mass is 392 g/mol. The Balaban J connectivity index is 1.19. The van der Waals surface area contributed by atoms with Crippen LogP contribution in [0.5, 0.6) is 5.75 Å². The number of piperidine rings is 1. The van der Waals surface area contributed by atoms with E-state index in [0.717, 1.165) is 51.1 Å². The molecule has 0 bridgehead atoms. The highest BCUT2D eigenvalue weighted by molar-refractivity contribution is 5.79. The second kappa shape index (κ2) is 9.93. The Hall–Kier alpha value is -2.33. The van der Waals surface area contributed by atoms with Gasteiger partial charge in [-0.2, -0.15) is 0 Å². The van der Waals surface area contributed by atoms with Crippen LogP contribution in [-0.2, 0) is 17.9 Å². The van der Waals surface area contributed by atoms with Crippen molar-refractivity contribution in [2.75, 3.05) is 13.1 Å². The van der Waals surface area contributed by atoms with E-state index >= 15 is 0 Å². The molecule has 2 aromatic carbocycles. The normalized spacial score (nSPS) is 18.6. The van der Waals surface area contributed by atoms with Gasteiger partial charge in [0.05, 0.1) is 0 Å². The molecule has 4 heteroatoms. The smallest absolute Gasteiger partial charge is 0.223 e. The van der Waals surface area contributed by atoms with Gasteiger partial charge in [0.1, 0.15) is 12.4 Å². The van der Waals surface area contributed by atoms with Crippen LogP contribution in [0, 0.1) is 5.92 Å².